The Kier molecular flexibility index (Phi) is 8.43. The summed E-state index contributed by atoms with van der Waals surface area (Å²) in [5.41, 5.74) is 2.02. The molecule has 0 aliphatic rings. The number of nitrogens with zero attached hydrogens (tertiary/aromatic N) is 1. The summed E-state index contributed by atoms with van der Waals surface area (Å²) in [6, 6.07) is 11.6. The van der Waals surface area contributed by atoms with E-state index < -0.39 is 15.9 Å². The van der Waals surface area contributed by atoms with Gasteiger partial charge in [-0.15, -0.1) is 0 Å². The van der Waals surface area contributed by atoms with Gasteiger partial charge in [0.25, 0.3) is 5.91 Å². The largest absolute Gasteiger partial charge is 0.374 e. The second kappa shape index (κ2) is 10.4. The third-order valence-electron chi connectivity index (χ3n) is 4.72. The fraction of sp³-hybridized carbons (Fsp3) is 0.409. The lowest BCUT2D eigenvalue weighted by Crippen LogP contribution is -2.33. The molecule has 0 unspecified atom stereocenters. The number of rotatable bonds is 9. The van der Waals surface area contributed by atoms with Crippen LogP contribution >= 0.6 is 11.6 Å². The van der Waals surface area contributed by atoms with Crippen molar-refractivity contribution in [3.8, 4) is 0 Å². The highest BCUT2D eigenvalue weighted by atomic mass is 35.5. The summed E-state index contributed by atoms with van der Waals surface area (Å²) in [7, 11) is -2.22. The van der Waals surface area contributed by atoms with Crippen molar-refractivity contribution < 1.29 is 17.9 Å². The van der Waals surface area contributed by atoms with E-state index in [1.807, 2.05) is 38.1 Å². The van der Waals surface area contributed by atoms with Crippen molar-refractivity contribution >= 4 is 27.5 Å². The summed E-state index contributed by atoms with van der Waals surface area (Å²) in [4.78, 5) is 12.8. The quantitative estimate of drug-likeness (QED) is 0.617. The van der Waals surface area contributed by atoms with Crippen molar-refractivity contribution in [2.24, 2.45) is 0 Å². The molecular formula is C22H29ClN2O4S. The monoisotopic (exact) mass is 452 g/mol. The molecule has 6 nitrogen and oxygen atoms in total. The molecule has 0 radical (unpaired) electrons. The Balaban J connectivity index is 2.21. The van der Waals surface area contributed by atoms with Gasteiger partial charge in [0.15, 0.2) is 0 Å². The number of benzene rings is 2. The van der Waals surface area contributed by atoms with Gasteiger partial charge < -0.3 is 10.1 Å². The molecular weight excluding hydrogens is 424 g/mol. The van der Waals surface area contributed by atoms with E-state index in [1.54, 1.807) is 13.8 Å². The maximum absolute atomic E-state index is 12.8. The number of ether oxygens (including phenoxy) is 1. The van der Waals surface area contributed by atoms with E-state index in [0.29, 0.717) is 6.61 Å². The highest BCUT2D eigenvalue weighted by molar-refractivity contribution is 7.89. The van der Waals surface area contributed by atoms with E-state index in [2.05, 4.69) is 5.32 Å². The number of nitrogens with one attached hydrogen (secondary N) is 1. The third-order valence-corrected chi connectivity index (χ3v) is 7.08. The molecule has 1 amide bonds. The van der Waals surface area contributed by atoms with Crippen LogP contribution in [0.5, 0.6) is 0 Å². The van der Waals surface area contributed by atoms with Gasteiger partial charge >= 0.3 is 0 Å². The van der Waals surface area contributed by atoms with Crippen molar-refractivity contribution in [1.29, 1.82) is 0 Å². The fourth-order valence-electron chi connectivity index (χ4n) is 2.68. The van der Waals surface area contributed by atoms with Crippen LogP contribution < -0.4 is 5.32 Å². The molecule has 30 heavy (non-hydrogen) atoms. The first kappa shape index (κ1) is 24.3. The lowest BCUT2D eigenvalue weighted by molar-refractivity contribution is 0.0651. The zero-order valence-corrected chi connectivity index (χ0v) is 19.5. The lowest BCUT2D eigenvalue weighted by atomic mass is 10.1. The molecule has 0 aromatic heterocycles. The predicted octanol–water partition coefficient (Wildman–Crippen LogP) is 4.22. The average Bonchev–Trinajstić information content (AvgIpc) is 2.70. The van der Waals surface area contributed by atoms with Crippen LogP contribution in [0, 0.1) is 0 Å². The molecule has 0 saturated heterocycles. The normalized spacial score (nSPS) is 12.0. The molecule has 0 spiro atoms. The van der Waals surface area contributed by atoms with Crippen LogP contribution in [0.3, 0.4) is 0 Å². The van der Waals surface area contributed by atoms with Gasteiger partial charge in [-0.1, -0.05) is 35.9 Å². The Bertz CT molecular complexity index is 990. The second-order valence-electron chi connectivity index (χ2n) is 7.57. The first-order valence-corrected chi connectivity index (χ1v) is 11.6. The summed E-state index contributed by atoms with van der Waals surface area (Å²) < 4.78 is 32.4. The van der Waals surface area contributed by atoms with E-state index >= 15 is 0 Å². The van der Waals surface area contributed by atoms with Crippen molar-refractivity contribution in [2.45, 2.75) is 57.9 Å². The van der Waals surface area contributed by atoms with Gasteiger partial charge in [-0.05, 0) is 57.0 Å². The Morgan fingerprint density at radius 2 is 1.73 bits per heavy atom. The zero-order chi connectivity index (χ0) is 22.5. The van der Waals surface area contributed by atoms with Gasteiger partial charge in [-0.2, -0.15) is 4.31 Å². The number of carbonyl (C=O) groups is 1. The Morgan fingerprint density at radius 3 is 2.33 bits per heavy atom. The molecule has 2 rings (SSSR count). The highest BCUT2D eigenvalue weighted by Crippen LogP contribution is 2.23. The number of halogens is 1. The van der Waals surface area contributed by atoms with Gasteiger partial charge in [-0.25, -0.2) is 8.42 Å². The Hall–Kier alpha value is -1.93. The average molecular weight is 453 g/mol. The van der Waals surface area contributed by atoms with Gasteiger partial charge in [0.05, 0.1) is 28.2 Å². The first-order valence-electron chi connectivity index (χ1n) is 9.78. The Morgan fingerprint density at radius 1 is 1.10 bits per heavy atom. The van der Waals surface area contributed by atoms with Crippen LogP contribution in [0.25, 0.3) is 0 Å². The lowest BCUT2D eigenvalue weighted by Gasteiger charge is -2.21. The van der Waals surface area contributed by atoms with Crippen molar-refractivity contribution in [3.63, 3.8) is 0 Å². The topological polar surface area (TPSA) is 75.7 Å². The molecule has 0 heterocycles. The highest BCUT2D eigenvalue weighted by Gasteiger charge is 2.25. The fourth-order valence-corrected chi connectivity index (χ4v) is 4.28. The number of carbonyl (C=O) groups excluding carboxylic acids is 1. The molecule has 0 aliphatic carbocycles. The predicted molar refractivity (Wildman–Crippen MR) is 119 cm³/mol. The molecule has 0 saturated carbocycles. The van der Waals surface area contributed by atoms with Crippen LogP contribution in [0.2, 0.25) is 5.02 Å². The summed E-state index contributed by atoms with van der Waals surface area (Å²) in [6.45, 7) is 8.20. The molecule has 164 valence electrons. The van der Waals surface area contributed by atoms with Gasteiger partial charge in [0.2, 0.25) is 10.0 Å². The van der Waals surface area contributed by atoms with Crippen LogP contribution in [-0.2, 0) is 27.9 Å². The van der Waals surface area contributed by atoms with Crippen molar-refractivity contribution in [1.82, 2.24) is 9.62 Å². The maximum atomic E-state index is 12.8. The van der Waals surface area contributed by atoms with E-state index in [9.17, 15) is 13.2 Å². The number of amides is 1. The molecule has 2 aromatic carbocycles. The molecule has 0 atom stereocenters. The van der Waals surface area contributed by atoms with E-state index in [0.717, 1.165) is 11.1 Å². The van der Waals surface area contributed by atoms with Gasteiger partial charge in [0.1, 0.15) is 0 Å². The minimum atomic E-state index is -3.72. The van der Waals surface area contributed by atoms with E-state index in [4.69, 9.17) is 16.3 Å². The second-order valence-corrected chi connectivity index (χ2v) is 9.97. The number of hydrogen-bond donors (Lipinski definition) is 1. The molecule has 8 heteroatoms. The maximum Gasteiger partial charge on any atom is 0.253 e. The molecule has 2 aromatic rings. The van der Waals surface area contributed by atoms with E-state index in [-0.39, 0.29) is 34.2 Å². The van der Waals surface area contributed by atoms with Gasteiger partial charge in [0, 0.05) is 19.6 Å². The summed E-state index contributed by atoms with van der Waals surface area (Å²) in [6.07, 6.45) is 0.0973. The summed E-state index contributed by atoms with van der Waals surface area (Å²) in [5, 5.41) is 3.02. The zero-order valence-electron chi connectivity index (χ0n) is 18.0. The summed E-state index contributed by atoms with van der Waals surface area (Å²) in [5.74, 6) is -0.441. The van der Waals surface area contributed by atoms with Crippen molar-refractivity contribution in [2.75, 3.05) is 7.05 Å². The van der Waals surface area contributed by atoms with Crippen LogP contribution in [0.4, 0.5) is 0 Å². The van der Waals surface area contributed by atoms with Gasteiger partial charge in [-0.3, -0.25) is 4.79 Å². The minimum Gasteiger partial charge on any atom is -0.374 e. The standard InChI is InChI=1S/C22H29ClN2O4S/c1-15(2)25(5)30(27,28)19-10-11-21(23)20(12-19)22(26)24-13-17-8-6-7-9-18(17)14-29-16(3)4/h6-12,15-16H,13-14H2,1-5H3,(H,24,26). The van der Waals surface area contributed by atoms with Crippen molar-refractivity contribution in [3.05, 3.63) is 64.2 Å². The van der Waals surface area contributed by atoms with E-state index in [1.165, 1.54) is 29.6 Å². The minimum absolute atomic E-state index is 0.0268. The molecule has 0 aliphatic heterocycles. The molecule has 1 N–H and O–H groups in total. The summed E-state index contributed by atoms with van der Waals surface area (Å²) >= 11 is 6.19. The van der Waals surface area contributed by atoms with Crippen LogP contribution in [0.15, 0.2) is 47.4 Å². The van der Waals surface area contributed by atoms with Crippen LogP contribution in [-0.4, -0.2) is 37.8 Å². The van der Waals surface area contributed by atoms with Crippen LogP contribution in [0.1, 0.15) is 49.2 Å². The number of hydrogen-bond acceptors (Lipinski definition) is 4. The molecule has 0 fully saturated rings. The smallest absolute Gasteiger partial charge is 0.253 e. The first-order chi connectivity index (χ1) is 14.0. The Labute approximate surface area is 184 Å². The SMILES string of the molecule is CC(C)OCc1ccccc1CNC(=O)c1cc(S(=O)(=O)N(C)C(C)C)ccc1Cl. The number of sulfonamides is 1. The molecule has 0 bridgehead atoms. The third kappa shape index (κ3) is 6.04.